The molecule has 2 aromatic heterocycles. The normalized spacial score (nSPS) is 17.0. The molecule has 7 heteroatoms. The van der Waals surface area contributed by atoms with E-state index in [0.717, 1.165) is 18.4 Å². The van der Waals surface area contributed by atoms with Crippen molar-refractivity contribution in [3.05, 3.63) is 71.7 Å². The van der Waals surface area contributed by atoms with Gasteiger partial charge in [0, 0.05) is 32.4 Å². The highest BCUT2D eigenvalue weighted by Crippen LogP contribution is 2.32. The monoisotopic (exact) mass is 354 g/mol. The third-order valence-electron chi connectivity index (χ3n) is 4.67. The Morgan fingerprint density at radius 1 is 1.31 bits per heavy atom. The first-order chi connectivity index (χ1) is 12.6. The topological polar surface area (TPSA) is 64.2 Å². The van der Waals surface area contributed by atoms with Gasteiger partial charge in [0.1, 0.15) is 17.6 Å². The van der Waals surface area contributed by atoms with Crippen molar-refractivity contribution in [2.45, 2.75) is 25.3 Å². The minimum atomic E-state index is -0.263. The van der Waals surface area contributed by atoms with Gasteiger partial charge in [-0.05, 0) is 30.5 Å². The lowest BCUT2D eigenvalue weighted by Gasteiger charge is -2.21. The Kier molecular flexibility index (Phi) is 4.28. The Morgan fingerprint density at radius 2 is 2.12 bits per heavy atom. The van der Waals surface area contributed by atoms with E-state index in [-0.39, 0.29) is 17.8 Å². The molecule has 0 bridgehead atoms. The van der Waals surface area contributed by atoms with Crippen LogP contribution in [0.5, 0.6) is 0 Å². The number of benzene rings is 1. The Bertz CT molecular complexity index is 916. The first-order valence-corrected chi connectivity index (χ1v) is 8.59. The van der Waals surface area contributed by atoms with Crippen LogP contribution >= 0.6 is 0 Å². The number of carbonyl (C=O) groups is 1. The van der Waals surface area contributed by atoms with Crippen molar-refractivity contribution in [2.75, 3.05) is 6.54 Å². The van der Waals surface area contributed by atoms with Crippen LogP contribution in [-0.2, 0) is 13.5 Å². The van der Waals surface area contributed by atoms with E-state index in [0.29, 0.717) is 30.4 Å². The fourth-order valence-corrected chi connectivity index (χ4v) is 3.33. The summed E-state index contributed by atoms with van der Waals surface area (Å²) in [6, 6.07) is 6.13. The maximum Gasteiger partial charge on any atom is 0.290 e. The third kappa shape index (κ3) is 3.12. The zero-order valence-electron chi connectivity index (χ0n) is 14.4. The van der Waals surface area contributed by atoms with Gasteiger partial charge >= 0.3 is 0 Å². The van der Waals surface area contributed by atoms with Gasteiger partial charge in [0.15, 0.2) is 5.82 Å². The van der Waals surface area contributed by atoms with Crippen LogP contribution in [0.4, 0.5) is 4.39 Å². The van der Waals surface area contributed by atoms with Gasteiger partial charge in [0.25, 0.3) is 5.91 Å². The molecule has 26 heavy (non-hydrogen) atoms. The van der Waals surface area contributed by atoms with Crippen LogP contribution in [0.3, 0.4) is 0 Å². The molecule has 134 valence electrons. The van der Waals surface area contributed by atoms with Crippen molar-refractivity contribution >= 4 is 5.91 Å². The fraction of sp³-hybridized carbons (Fsp3) is 0.316. The summed E-state index contributed by atoms with van der Waals surface area (Å²) in [4.78, 5) is 23.1. The van der Waals surface area contributed by atoms with E-state index in [4.69, 9.17) is 4.42 Å². The number of likely N-dealkylation sites (tertiary alicyclic amines) is 1. The van der Waals surface area contributed by atoms with Crippen LogP contribution in [0.15, 0.2) is 47.3 Å². The maximum absolute atomic E-state index is 13.0. The lowest BCUT2D eigenvalue weighted by molar-refractivity contribution is 0.0698. The van der Waals surface area contributed by atoms with E-state index >= 15 is 0 Å². The number of halogens is 1. The molecule has 1 unspecified atom stereocenters. The van der Waals surface area contributed by atoms with E-state index in [1.54, 1.807) is 47.2 Å². The highest BCUT2D eigenvalue weighted by molar-refractivity contribution is 5.91. The Labute approximate surface area is 150 Å². The lowest BCUT2D eigenvalue weighted by atomic mass is 10.1. The molecule has 3 aromatic rings. The summed E-state index contributed by atoms with van der Waals surface area (Å²) in [6.07, 6.45) is 7.30. The first-order valence-electron chi connectivity index (χ1n) is 8.59. The minimum Gasteiger partial charge on any atom is -0.443 e. The van der Waals surface area contributed by atoms with Gasteiger partial charge in [-0.1, -0.05) is 12.1 Å². The second-order valence-corrected chi connectivity index (χ2v) is 6.49. The summed E-state index contributed by atoms with van der Waals surface area (Å²) in [6.45, 7) is 0.659. The smallest absolute Gasteiger partial charge is 0.290 e. The molecule has 1 fully saturated rings. The van der Waals surface area contributed by atoms with Gasteiger partial charge in [-0.2, -0.15) is 0 Å². The van der Waals surface area contributed by atoms with Gasteiger partial charge in [-0.15, -0.1) is 0 Å². The lowest BCUT2D eigenvalue weighted by Crippen LogP contribution is -2.32. The van der Waals surface area contributed by atoms with E-state index in [1.807, 2.05) is 0 Å². The summed E-state index contributed by atoms with van der Waals surface area (Å²) in [5.74, 6) is 1.28. The number of aryl methyl sites for hydroxylation is 1. The molecule has 0 radical (unpaired) electrons. The first kappa shape index (κ1) is 16.5. The molecule has 0 spiro atoms. The molecule has 3 heterocycles. The third-order valence-corrected chi connectivity index (χ3v) is 4.67. The maximum atomic E-state index is 13.0. The van der Waals surface area contributed by atoms with Crippen LogP contribution < -0.4 is 0 Å². The standard InChI is InChI=1S/C19H19FN4O2/c1-23-10-8-21-17(23)19(25)24-9-2-3-16(24)18-22-12-15(26-18)11-13-4-6-14(20)7-5-13/h4-8,10,12,16H,2-3,9,11H2,1H3. The molecule has 1 amide bonds. The zero-order valence-corrected chi connectivity index (χ0v) is 14.4. The Balaban J connectivity index is 1.52. The molecule has 1 atom stereocenters. The molecule has 4 rings (SSSR count). The van der Waals surface area contributed by atoms with Crippen molar-refractivity contribution < 1.29 is 13.6 Å². The van der Waals surface area contributed by atoms with Crippen LogP contribution in [0.25, 0.3) is 0 Å². The summed E-state index contributed by atoms with van der Waals surface area (Å²) in [5, 5.41) is 0. The number of hydrogen-bond donors (Lipinski definition) is 0. The summed E-state index contributed by atoms with van der Waals surface area (Å²) >= 11 is 0. The molecule has 0 aliphatic carbocycles. The Hall–Kier alpha value is -2.96. The van der Waals surface area contributed by atoms with E-state index in [2.05, 4.69) is 9.97 Å². The zero-order chi connectivity index (χ0) is 18.1. The quantitative estimate of drug-likeness (QED) is 0.722. The number of hydrogen-bond acceptors (Lipinski definition) is 4. The van der Waals surface area contributed by atoms with Crippen molar-refractivity contribution in [3.8, 4) is 0 Å². The van der Waals surface area contributed by atoms with E-state index in [1.165, 1.54) is 12.1 Å². The molecule has 6 nitrogen and oxygen atoms in total. The van der Waals surface area contributed by atoms with Crippen LogP contribution in [-0.4, -0.2) is 31.9 Å². The van der Waals surface area contributed by atoms with Crippen LogP contribution in [0, 0.1) is 5.82 Å². The number of imidazole rings is 1. The second-order valence-electron chi connectivity index (χ2n) is 6.49. The van der Waals surface area contributed by atoms with Gasteiger partial charge in [-0.25, -0.2) is 14.4 Å². The van der Waals surface area contributed by atoms with Crippen molar-refractivity contribution in [2.24, 2.45) is 7.05 Å². The summed E-state index contributed by atoms with van der Waals surface area (Å²) < 4.78 is 20.6. The molecule has 1 aliphatic heterocycles. The largest absolute Gasteiger partial charge is 0.443 e. The number of oxazole rings is 1. The number of aromatic nitrogens is 3. The van der Waals surface area contributed by atoms with Crippen LogP contribution in [0.2, 0.25) is 0 Å². The van der Waals surface area contributed by atoms with Crippen molar-refractivity contribution in [1.29, 1.82) is 0 Å². The Morgan fingerprint density at radius 3 is 2.85 bits per heavy atom. The number of carbonyl (C=O) groups excluding carboxylic acids is 1. The van der Waals surface area contributed by atoms with Crippen molar-refractivity contribution in [1.82, 2.24) is 19.4 Å². The molecule has 0 N–H and O–H groups in total. The number of nitrogens with zero attached hydrogens (tertiary/aromatic N) is 4. The molecular formula is C19H19FN4O2. The molecule has 1 aliphatic rings. The fourth-order valence-electron chi connectivity index (χ4n) is 3.33. The van der Waals surface area contributed by atoms with E-state index in [9.17, 15) is 9.18 Å². The van der Waals surface area contributed by atoms with Crippen LogP contribution in [0.1, 0.15) is 46.7 Å². The predicted octanol–water partition coefficient (Wildman–Crippen LogP) is 3.12. The van der Waals surface area contributed by atoms with E-state index < -0.39 is 0 Å². The number of rotatable bonds is 4. The van der Waals surface area contributed by atoms with Gasteiger partial charge in [-0.3, -0.25) is 4.79 Å². The minimum absolute atomic E-state index is 0.113. The highest BCUT2D eigenvalue weighted by atomic mass is 19.1. The second kappa shape index (κ2) is 6.74. The van der Waals surface area contributed by atoms with Gasteiger partial charge in [0.2, 0.25) is 5.89 Å². The predicted molar refractivity (Wildman–Crippen MR) is 91.9 cm³/mol. The average molecular weight is 354 g/mol. The summed E-state index contributed by atoms with van der Waals surface area (Å²) in [5.41, 5.74) is 0.946. The molecule has 1 saturated heterocycles. The summed E-state index contributed by atoms with van der Waals surface area (Å²) in [7, 11) is 1.80. The average Bonchev–Trinajstić information content (AvgIpc) is 3.36. The molecular weight excluding hydrogens is 335 g/mol. The number of amides is 1. The molecule has 1 aromatic carbocycles. The SMILES string of the molecule is Cn1ccnc1C(=O)N1CCCC1c1ncc(Cc2ccc(F)cc2)o1. The van der Waals surface area contributed by atoms with Crippen molar-refractivity contribution in [3.63, 3.8) is 0 Å². The molecule has 0 saturated carbocycles. The van der Waals surface area contributed by atoms with Gasteiger partial charge < -0.3 is 13.9 Å². The van der Waals surface area contributed by atoms with Gasteiger partial charge in [0.05, 0.1) is 6.20 Å². The highest BCUT2D eigenvalue weighted by Gasteiger charge is 2.35.